The second-order valence-electron chi connectivity index (χ2n) is 7.12. The van der Waals surface area contributed by atoms with Crippen molar-refractivity contribution in [3.63, 3.8) is 0 Å². The van der Waals surface area contributed by atoms with Gasteiger partial charge in [0.25, 0.3) is 0 Å². The van der Waals surface area contributed by atoms with Crippen molar-refractivity contribution < 1.29 is 4.74 Å². The second kappa shape index (κ2) is 5.86. The molecular formula is C16H29N3O. The summed E-state index contributed by atoms with van der Waals surface area (Å²) >= 11 is 0. The first-order chi connectivity index (χ1) is 9.30. The van der Waals surface area contributed by atoms with Gasteiger partial charge in [-0.25, -0.2) is 0 Å². The molecule has 4 heteroatoms. The molecule has 1 aromatic rings. The fourth-order valence-electron chi connectivity index (χ4n) is 2.88. The van der Waals surface area contributed by atoms with Gasteiger partial charge in [-0.05, 0) is 19.3 Å². The van der Waals surface area contributed by atoms with Crippen molar-refractivity contribution in [3.05, 3.63) is 17.5 Å². The van der Waals surface area contributed by atoms with Gasteiger partial charge < -0.3 is 10.1 Å². The Balaban J connectivity index is 1.82. The molecule has 1 aliphatic carbocycles. The smallest absolute Gasteiger partial charge is 0.0656 e. The summed E-state index contributed by atoms with van der Waals surface area (Å²) in [5.41, 5.74) is 2.62. The molecule has 0 saturated heterocycles. The van der Waals surface area contributed by atoms with Crippen LogP contribution in [0.15, 0.2) is 6.20 Å². The lowest BCUT2D eigenvalue weighted by Gasteiger charge is -2.52. The number of ether oxygens (including phenoxy) is 1. The van der Waals surface area contributed by atoms with E-state index < -0.39 is 0 Å². The van der Waals surface area contributed by atoms with E-state index in [2.05, 4.69) is 51.2 Å². The van der Waals surface area contributed by atoms with Gasteiger partial charge in [-0.2, -0.15) is 5.10 Å². The van der Waals surface area contributed by atoms with Crippen LogP contribution in [0, 0.1) is 18.3 Å². The summed E-state index contributed by atoms with van der Waals surface area (Å²) in [6, 6.07) is 0.527. The Morgan fingerprint density at radius 1 is 1.50 bits per heavy atom. The van der Waals surface area contributed by atoms with Crippen LogP contribution in [0.5, 0.6) is 0 Å². The molecule has 4 nitrogen and oxygen atoms in total. The minimum atomic E-state index is 0.213. The Morgan fingerprint density at radius 3 is 2.70 bits per heavy atom. The van der Waals surface area contributed by atoms with E-state index in [1.54, 1.807) is 0 Å². The predicted octanol–water partition coefficient (Wildman–Crippen LogP) is 2.66. The molecule has 0 spiro atoms. The van der Waals surface area contributed by atoms with E-state index in [9.17, 15) is 0 Å². The van der Waals surface area contributed by atoms with Gasteiger partial charge in [0.05, 0.1) is 11.8 Å². The quantitative estimate of drug-likeness (QED) is 0.870. The summed E-state index contributed by atoms with van der Waals surface area (Å²) in [6.07, 6.45) is 3.59. The highest BCUT2D eigenvalue weighted by Gasteiger charge is 2.48. The van der Waals surface area contributed by atoms with E-state index in [-0.39, 0.29) is 5.41 Å². The average molecular weight is 279 g/mol. The molecule has 20 heavy (non-hydrogen) atoms. The summed E-state index contributed by atoms with van der Waals surface area (Å²) in [4.78, 5) is 0. The molecule has 2 atom stereocenters. The zero-order valence-corrected chi connectivity index (χ0v) is 13.7. The number of nitrogens with zero attached hydrogens (tertiary/aromatic N) is 2. The number of nitrogens with one attached hydrogen (secondary N) is 1. The van der Waals surface area contributed by atoms with E-state index in [4.69, 9.17) is 4.74 Å². The zero-order chi connectivity index (χ0) is 14.9. The third kappa shape index (κ3) is 3.23. The van der Waals surface area contributed by atoms with Crippen LogP contribution in [0.2, 0.25) is 0 Å². The van der Waals surface area contributed by atoms with Crippen LogP contribution in [-0.4, -0.2) is 28.5 Å². The van der Waals surface area contributed by atoms with Gasteiger partial charge in [0.2, 0.25) is 0 Å². The lowest BCUT2D eigenvalue weighted by atomic mass is 9.64. The maximum absolute atomic E-state index is 6.01. The second-order valence-corrected chi connectivity index (χ2v) is 7.12. The third-order valence-electron chi connectivity index (χ3n) is 4.46. The van der Waals surface area contributed by atoms with Gasteiger partial charge >= 0.3 is 0 Å². The van der Waals surface area contributed by atoms with Gasteiger partial charge in [0.1, 0.15) is 0 Å². The van der Waals surface area contributed by atoms with Gasteiger partial charge in [0, 0.05) is 43.4 Å². The summed E-state index contributed by atoms with van der Waals surface area (Å²) in [7, 11) is 1.97. The molecule has 1 fully saturated rings. The maximum atomic E-state index is 6.01. The van der Waals surface area contributed by atoms with E-state index in [1.807, 2.05) is 11.7 Å². The average Bonchev–Trinajstić information content (AvgIpc) is 2.65. The largest absolute Gasteiger partial charge is 0.377 e. The summed E-state index contributed by atoms with van der Waals surface area (Å²) in [5, 5.41) is 8.05. The van der Waals surface area contributed by atoms with Crippen molar-refractivity contribution in [3.8, 4) is 0 Å². The number of hydrogen-bond acceptors (Lipinski definition) is 3. The standard InChI is InChI=1S/C16H29N3O/c1-11(2)10-20-15-7-14(16(15,4)5)17-8-13-9-19(6)18-12(13)3/h9,11,14-15,17H,7-8,10H2,1-6H3. The molecule has 114 valence electrons. The highest BCUT2D eigenvalue weighted by Crippen LogP contribution is 2.43. The van der Waals surface area contributed by atoms with Crippen molar-refractivity contribution >= 4 is 0 Å². The fraction of sp³-hybridized carbons (Fsp3) is 0.812. The molecule has 1 aliphatic rings. The predicted molar refractivity (Wildman–Crippen MR) is 81.5 cm³/mol. The molecule has 1 heterocycles. The van der Waals surface area contributed by atoms with Crippen LogP contribution in [0.4, 0.5) is 0 Å². The summed E-state index contributed by atoms with van der Waals surface area (Å²) in [6.45, 7) is 12.8. The number of rotatable bonds is 6. The first kappa shape index (κ1) is 15.5. The fourth-order valence-corrected chi connectivity index (χ4v) is 2.88. The molecular weight excluding hydrogens is 250 g/mol. The topological polar surface area (TPSA) is 39.1 Å². The van der Waals surface area contributed by atoms with Crippen LogP contribution >= 0.6 is 0 Å². The van der Waals surface area contributed by atoms with Crippen LogP contribution in [0.1, 0.15) is 45.4 Å². The van der Waals surface area contributed by atoms with Gasteiger partial charge in [0.15, 0.2) is 0 Å². The number of aryl methyl sites for hydroxylation is 2. The van der Waals surface area contributed by atoms with Crippen molar-refractivity contribution in [2.45, 2.75) is 59.7 Å². The van der Waals surface area contributed by atoms with Gasteiger partial charge in [-0.15, -0.1) is 0 Å². The van der Waals surface area contributed by atoms with Crippen LogP contribution in [0.25, 0.3) is 0 Å². The van der Waals surface area contributed by atoms with Crippen LogP contribution < -0.4 is 5.32 Å². The number of hydrogen-bond donors (Lipinski definition) is 1. The highest BCUT2D eigenvalue weighted by atomic mass is 16.5. The molecule has 0 aromatic carbocycles. The van der Waals surface area contributed by atoms with Crippen molar-refractivity contribution in [1.82, 2.24) is 15.1 Å². The molecule has 0 amide bonds. The van der Waals surface area contributed by atoms with Gasteiger partial charge in [-0.3, -0.25) is 4.68 Å². The molecule has 0 bridgehead atoms. The molecule has 2 rings (SSSR count). The lowest BCUT2D eigenvalue weighted by Crippen LogP contribution is -2.60. The third-order valence-corrected chi connectivity index (χ3v) is 4.46. The monoisotopic (exact) mass is 279 g/mol. The Labute approximate surface area is 122 Å². The molecule has 1 aromatic heterocycles. The van der Waals surface area contributed by atoms with Crippen LogP contribution in [-0.2, 0) is 18.3 Å². The van der Waals surface area contributed by atoms with E-state index in [1.165, 1.54) is 5.56 Å². The molecule has 0 radical (unpaired) electrons. The Bertz CT molecular complexity index is 451. The van der Waals surface area contributed by atoms with E-state index >= 15 is 0 Å². The molecule has 1 saturated carbocycles. The Hall–Kier alpha value is -0.870. The maximum Gasteiger partial charge on any atom is 0.0656 e. The highest BCUT2D eigenvalue weighted by molar-refractivity contribution is 5.16. The van der Waals surface area contributed by atoms with Crippen molar-refractivity contribution in [1.29, 1.82) is 0 Å². The van der Waals surface area contributed by atoms with E-state index in [0.717, 1.165) is 25.3 Å². The van der Waals surface area contributed by atoms with Crippen LogP contribution in [0.3, 0.4) is 0 Å². The SMILES string of the molecule is Cc1nn(C)cc1CNC1CC(OCC(C)C)C1(C)C. The van der Waals surface area contributed by atoms with Crippen molar-refractivity contribution in [2.24, 2.45) is 18.4 Å². The lowest BCUT2D eigenvalue weighted by molar-refractivity contribution is -0.124. The summed E-state index contributed by atoms with van der Waals surface area (Å²) in [5.74, 6) is 0.607. The first-order valence-corrected chi connectivity index (χ1v) is 7.64. The van der Waals surface area contributed by atoms with Gasteiger partial charge in [-0.1, -0.05) is 27.7 Å². The normalized spacial score (nSPS) is 24.9. The molecule has 2 unspecified atom stereocenters. The van der Waals surface area contributed by atoms with E-state index in [0.29, 0.717) is 18.1 Å². The minimum Gasteiger partial charge on any atom is -0.377 e. The Morgan fingerprint density at radius 2 is 2.20 bits per heavy atom. The van der Waals surface area contributed by atoms with Crippen molar-refractivity contribution in [2.75, 3.05) is 6.61 Å². The summed E-state index contributed by atoms with van der Waals surface area (Å²) < 4.78 is 7.89. The molecule has 0 aliphatic heterocycles. The number of aromatic nitrogens is 2. The zero-order valence-electron chi connectivity index (χ0n) is 13.7. The first-order valence-electron chi connectivity index (χ1n) is 7.64. The Kier molecular flexibility index (Phi) is 4.55. The molecule has 1 N–H and O–H groups in total. The minimum absolute atomic E-state index is 0.213.